The van der Waals surface area contributed by atoms with E-state index < -0.39 is 6.04 Å². The number of halogens is 1. The van der Waals surface area contributed by atoms with E-state index in [2.05, 4.69) is 20.3 Å². The topological polar surface area (TPSA) is 149 Å². The van der Waals surface area contributed by atoms with Crippen molar-refractivity contribution in [2.24, 2.45) is 5.73 Å². The fourth-order valence-electron chi connectivity index (χ4n) is 2.80. The van der Waals surface area contributed by atoms with Gasteiger partial charge in [0.15, 0.2) is 0 Å². The lowest BCUT2D eigenvalue weighted by Gasteiger charge is -2.20. The molecule has 5 N–H and O–H groups in total. The molecular weight excluding hydrogens is 368 g/mol. The highest BCUT2D eigenvalue weighted by Crippen LogP contribution is 2.24. The molecule has 0 bridgehead atoms. The van der Waals surface area contributed by atoms with Crippen molar-refractivity contribution in [1.29, 1.82) is 5.26 Å². The first-order valence-corrected chi connectivity index (χ1v) is 8.51. The third-order valence-corrected chi connectivity index (χ3v) is 4.36. The van der Waals surface area contributed by atoms with E-state index in [0.717, 1.165) is 0 Å². The second kappa shape index (κ2) is 7.57. The number of rotatable bonds is 5. The van der Waals surface area contributed by atoms with E-state index in [1.807, 2.05) is 6.07 Å². The molecule has 0 amide bonds. The largest absolute Gasteiger partial charge is 0.382 e. The number of nitrogens with one attached hydrogen (secondary N) is 1. The second-order valence-corrected chi connectivity index (χ2v) is 6.22. The average molecular weight is 385 g/mol. The minimum absolute atomic E-state index is 0.0693. The van der Waals surface area contributed by atoms with Crippen LogP contribution in [0, 0.1) is 11.3 Å². The Morgan fingerprint density at radius 3 is 2.89 bits per heavy atom. The number of hydrogen-bond acceptors (Lipinski definition) is 8. The smallest absolute Gasteiger partial charge is 0.263 e. The van der Waals surface area contributed by atoms with Gasteiger partial charge in [-0.1, -0.05) is 17.7 Å². The van der Waals surface area contributed by atoms with Gasteiger partial charge in [-0.25, -0.2) is 15.0 Å². The summed E-state index contributed by atoms with van der Waals surface area (Å²) in [6.07, 6.45) is 1.26. The van der Waals surface area contributed by atoms with Crippen molar-refractivity contribution >= 4 is 34.1 Å². The van der Waals surface area contributed by atoms with Gasteiger partial charge in [0, 0.05) is 13.1 Å². The highest BCUT2D eigenvalue weighted by Gasteiger charge is 2.19. The van der Waals surface area contributed by atoms with Crippen LogP contribution in [0.5, 0.6) is 0 Å². The Morgan fingerprint density at radius 1 is 1.41 bits per heavy atom. The van der Waals surface area contributed by atoms with E-state index >= 15 is 0 Å². The maximum absolute atomic E-state index is 13.0. The molecule has 3 rings (SSSR count). The molecule has 0 fully saturated rings. The lowest BCUT2D eigenvalue weighted by atomic mass is 10.2. The normalized spacial score (nSPS) is 11.9. The lowest BCUT2D eigenvalue weighted by molar-refractivity contribution is 0.599. The van der Waals surface area contributed by atoms with Gasteiger partial charge in [-0.05, 0) is 19.1 Å². The zero-order valence-electron chi connectivity index (χ0n) is 14.5. The summed E-state index contributed by atoms with van der Waals surface area (Å²) in [6, 6.07) is 6.59. The number of nitrogen functional groups attached to an aromatic ring is 1. The molecule has 0 saturated carbocycles. The third-order valence-electron chi connectivity index (χ3n) is 4.04. The van der Waals surface area contributed by atoms with Gasteiger partial charge in [-0.2, -0.15) is 5.26 Å². The maximum atomic E-state index is 13.0. The Kier molecular flexibility index (Phi) is 5.21. The van der Waals surface area contributed by atoms with Crippen LogP contribution in [-0.2, 0) is 6.54 Å². The Hall–Kier alpha value is -3.22. The number of benzene rings is 1. The SMILES string of the molecule is CC(Nc1ncnc(N)c1C#N)c1nc2cccc(Cl)c2c(=O)n1CCN. The molecule has 1 unspecified atom stereocenters. The van der Waals surface area contributed by atoms with E-state index in [9.17, 15) is 10.1 Å². The fourth-order valence-corrected chi connectivity index (χ4v) is 3.06. The van der Waals surface area contributed by atoms with Gasteiger partial charge < -0.3 is 16.8 Å². The molecule has 1 aromatic carbocycles. The van der Waals surface area contributed by atoms with Crippen LogP contribution in [0.1, 0.15) is 24.4 Å². The van der Waals surface area contributed by atoms with E-state index in [0.29, 0.717) is 21.7 Å². The van der Waals surface area contributed by atoms with Gasteiger partial charge >= 0.3 is 0 Å². The Balaban J connectivity index is 2.13. The first kappa shape index (κ1) is 18.6. The predicted octanol–water partition coefficient (Wildman–Crippen LogP) is 1.43. The first-order chi connectivity index (χ1) is 13.0. The number of aromatic nitrogens is 4. The molecule has 0 aliphatic rings. The van der Waals surface area contributed by atoms with Crippen LogP contribution in [0.4, 0.5) is 11.6 Å². The van der Waals surface area contributed by atoms with Crippen LogP contribution in [0.2, 0.25) is 5.02 Å². The number of hydrogen-bond donors (Lipinski definition) is 3. The summed E-state index contributed by atoms with van der Waals surface area (Å²) < 4.78 is 1.47. The Labute approximate surface area is 159 Å². The molecule has 0 spiro atoms. The molecule has 0 radical (unpaired) electrons. The van der Waals surface area contributed by atoms with Crippen molar-refractivity contribution in [3.05, 3.63) is 51.3 Å². The van der Waals surface area contributed by atoms with Gasteiger partial charge in [0.1, 0.15) is 35.4 Å². The summed E-state index contributed by atoms with van der Waals surface area (Å²) in [7, 11) is 0. The van der Waals surface area contributed by atoms with Gasteiger partial charge in [0.25, 0.3) is 5.56 Å². The number of fused-ring (bicyclic) bond motifs is 1. The van der Waals surface area contributed by atoms with Crippen molar-refractivity contribution in [2.75, 3.05) is 17.6 Å². The van der Waals surface area contributed by atoms with Crippen molar-refractivity contribution < 1.29 is 0 Å². The van der Waals surface area contributed by atoms with E-state index in [1.54, 1.807) is 25.1 Å². The van der Waals surface area contributed by atoms with Crippen LogP contribution in [-0.4, -0.2) is 26.1 Å². The van der Waals surface area contributed by atoms with E-state index in [4.69, 9.17) is 23.1 Å². The number of nitrogens with zero attached hydrogens (tertiary/aromatic N) is 5. The number of anilines is 2. The summed E-state index contributed by atoms with van der Waals surface area (Å²) in [4.78, 5) is 25.4. The quantitative estimate of drug-likeness (QED) is 0.598. The van der Waals surface area contributed by atoms with Crippen LogP contribution in [0.15, 0.2) is 29.3 Å². The summed E-state index contributed by atoms with van der Waals surface area (Å²) >= 11 is 6.19. The summed E-state index contributed by atoms with van der Waals surface area (Å²) in [5, 5.41) is 13.0. The molecule has 0 aliphatic carbocycles. The predicted molar refractivity (Wildman–Crippen MR) is 103 cm³/mol. The molecular formula is C17H17ClN8O. The van der Waals surface area contributed by atoms with Crippen molar-refractivity contribution in [3.63, 3.8) is 0 Å². The number of nitrogens with two attached hydrogens (primary N) is 2. The monoisotopic (exact) mass is 384 g/mol. The minimum Gasteiger partial charge on any atom is -0.382 e. The Morgan fingerprint density at radius 2 is 2.19 bits per heavy atom. The molecule has 2 aromatic heterocycles. The highest BCUT2D eigenvalue weighted by atomic mass is 35.5. The molecule has 0 aliphatic heterocycles. The van der Waals surface area contributed by atoms with Gasteiger partial charge in [-0.3, -0.25) is 9.36 Å². The second-order valence-electron chi connectivity index (χ2n) is 5.81. The Bertz CT molecular complexity index is 1100. The summed E-state index contributed by atoms with van der Waals surface area (Å²) in [6.45, 7) is 2.32. The third kappa shape index (κ3) is 3.40. The summed E-state index contributed by atoms with van der Waals surface area (Å²) in [5.41, 5.74) is 11.7. The van der Waals surface area contributed by atoms with Gasteiger partial charge in [-0.15, -0.1) is 0 Å². The van der Waals surface area contributed by atoms with Crippen molar-refractivity contribution in [3.8, 4) is 6.07 Å². The van der Waals surface area contributed by atoms with Crippen molar-refractivity contribution in [1.82, 2.24) is 19.5 Å². The van der Waals surface area contributed by atoms with Crippen LogP contribution < -0.4 is 22.3 Å². The average Bonchev–Trinajstić information content (AvgIpc) is 2.64. The molecule has 1 atom stereocenters. The lowest BCUT2D eigenvalue weighted by Crippen LogP contribution is -2.31. The summed E-state index contributed by atoms with van der Waals surface area (Å²) in [5.74, 6) is 0.776. The van der Waals surface area contributed by atoms with Crippen LogP contribution in [0.25, 0.3) is 10.9 Å². The fraction of sp³-hybridized carbons (Fsp3) is 0.235. The van der Waals surface area contributed by atoms with Crippen LogP contribution in [0.3, 0.4) is 0 Å². The molecule has 2 heterocycles. The standard InChI is InChI=1S/C17H17ClN8O/c1-9(24-15-10(7-20)14(21)22-8-23-15)16-25-12-4-2-3-11(18)13(12)17(27)26(16)6-5-19/h2-4,8-9H,5-6,19H2,1H3,(H3,21,22,23,24). The zero-order chi connectivity index (χ0) is 19.6. The molecule has 9 nitrogen and oxygen atoms in total. The minimum atomic E-state index is -0.464. The molecule has 10 heteroatoms. The zero-order valence-corrected chi connectivity index (χ0v) is 15.2. The van der Waals surface area contributed by atoms with Crippen molar-refractivity contribution in [2.45, 2.75) is 19.5 Å². The van der Waals surface area contributed by atoms with E-state index in [-0.39, 0.29) is 35.8 Å². The molecule has 27 heavy (non-hydrogen) atoms. The molecule has 3 aromatic rings. The first-order valence-electron chi connectivity index (χ1n) is 8.14. The number of nitriles is 1. The van der Waals surface area contributed by atoms with Gasteiger partial charge in [0.05, 0.1) is 22.0 Å². The molecule has 0 saturated heterocycles. The van der Waals surface area contributed by atoms with E-state index in [1.165, 1.54) is 10.9 Å². The van der Waals surface area contributed by atoms with Gasteiger partial charge in [0.2, 0.25) is 0 Å². The maximum Gasteiger partial charge on any atom is 0.263 e. The van der Waals surface area contributed by atoms with Crippen LogP contribution >= 0.6 is 11.6 Å². The highest BCUT2D eigenvalue weighted by molar-refractivity contribution is 6.35. The molecule has 138 valence electrons.